The number of rotatable bonds is 6. The first-order chi connectivity index (χ1) is 11.4. The first-order valence-electron chi connectivity index (χ1n) is 7.72. The van der Waals surface area contributed by atoms with Gasteiger partial charge in [-0.2, -0.15) is 0 Å². The van der Waals surface area contributed by atoms with Crippen molar-refractivity contribution in [3.8, 4) is 0 Å². The summed E-state index contributed by atoms with van der Waals surface area (Å²) in [6.07, 6.45) is 1.63. The van der Waals surface area contributed by atoms with Crippen LogP contribution in [0.4, 0.5) is 4.39 Å². The first-order valence-corrected chi connectivity index (χ1v) is 9.04. The zero-order chi connectivity index (χ0) is 17.7. The van der Waals surface area contributed by atoms with Gasteiger partial charge in [-0.05, 0) is 42.2 Å². The maximum atomic E-state index is 13.1. The highest BCUT2D eigenvalue weighted by molar-refractivity contribution is 7.85. The number of hydrogen-bond donors (Lipinski definition) is 1. The Morgan fingerprint density at radius 1 is 1.21 bits per heavy atom. The predicted molar refractivity (Wildman–Crippen MR) is 92.4 cm³/mol. The molecule has 1 N–H and O–H groups in total. The van der Waals surface area contributed by atoms with Gasteiger partial charge in [0.25, 0.3) is 0 Å². The van der Waals surface area contributed by atoms with Crippen LogP contribution in [0, 0.1) is 18.7 Å². The molecule has 24 heavy (non-hydrogen) atoms. The van der Waals surface area contributed by atoms with Crippen molar-refractivity contribution >= 4 is 16.7 Å². The van der Waals surface area contributed by atoms with Gasteiger partial charge in [0.15, 0.2) is 0 Å². The number of nitrogens with zero attached hydrogens (tertiary/aromatic N) is 1. The molecule has 2 aromatic rings. The molecule has 1 aromatic heterocycles. The average Bonchev–Trinajstić information content (AvgIpc) is 2.54. The fraction of sp³-hybridized carbons (Fsp3) is 0.333. The van der Waals surface area contributed by atoms with E-state index in [1.165, 1.54) is 12.1 Å². The van der Waals surface area contributed by atoms with Crippen molar-refractivity contribution in [3.05, 3.63) is 59.5 Å². The van der Waals surface area contributed by atoms with Crippen LogP contribution in [0.15, 0.2) is 47.6 Å². The Balaban J connectivity index is 2.04. The number of aromatic nitrogens is 1. The van der Waals surface area contributed by atoms with Crippen LogP contribution in [0.3, 0.4) is 0 Å². The highest BCUT2D eigenvalue weighted by Crippen LogP contribution is 2.22. The number of amides is 1. The van der Waals surface area contributed by atoms with E-state index in [2.05, 4.69) is 10.3 Å². The van der Waals surface area contributed by atoms with E-state index >= 15 is 0 Å². The average molecular weight is 348 g/mol. The number of pyridine rings is 1. The van der Waals surface area contributed by atoms with E-state index in [1.54, 1.807) is 24.4 Å². The number of halogens is 1. The first kappa shape index (κ1) is 18.3. The fourth-order valence-electron chi connectivity index (χ4n) is 2.30. The molecule has 2 unspecified atom stereocenters. The molecule has 6 heteroatoms. The summed E-state index contributed by atoms with van der Waals surface area (Å²) in [5, 5.41) is 3.27. The maximum Gasteiger partial charge on any atom is 0.233 e. The molecule has 0 saturated carbocycles. The summed E-state index contributed by atoms with van der Waals surface area (Å²) >= 11 is 0. The van der Waals surface area contributed by atoms with E-state index in [0.29, 0.717) is 5.03 Å². The van der Waals surface area contributed by atoms with Crippen LogP contribution in [-0.4, -0.2) is 20.9 Å². The number of benzene rings is 1. The molecule has 4 nitrogen and oxygen atoms in total. The van der Waals surface area contributed by atoms with Crippen LogP contribution in [0.5, 0.6) is 0 Å². The highest BCUT2D eigenvalue weighted by Gasteiger charge is 2.20. The zero-order valence-electron chi connectivity index (χ0n) is 14.0. The van der Waals surface area contributed by atoms with Gasteiger partial charge in [0.05, 0.1) is 16.8 Å². The summed E-state index contributed by atoms with van der Waals surface area (Å²) in [6, 6.07) is 9.25. The smallest absolute Gasteiger partial charge is 0.233 e. The van der Waals surface area contributed by atoms with Crippen molar-refractivity contribution in [3.63, 3.8) is 0 Å². The summed E-state index contributed by atoms with van der Waals surface area (Å²) < 4.78 is 25.3. The quantitative estimate of drug-likeness (QED) is 0.872. The number of aryl methyl sites for hydroxylation is 1. The molecule has 0 bridgehead atoms. The topological polar surface area (TPSA) is 59.1 Å². The van der Waals surface area contributed by atoms with Gasteiger partial charge >= 0.3 is 0 Å². The van der Waals surface area contributed by atoms with Crippen LogP contribution in [0.25, 0.3) is 0 Å². The molecule has 1 amide bonds. The second-order valence-electron chi connectivity index (χ2n) is 6.00. The minimum atomic E-state index is -1.49. The van der Waals surface area contributed by atoms with Gasteiger partial charge in [0.1, 0.15) is 16.6 Å². The summed E-state index contributed by atoms with van der Waals surface area (Å²) in [6.45, 7) is 5.82. The normalized spacial score (nSPS) is 13.5. The Morgan fingerprint density at radius 3 is 2.42 bits per heavy atom. The Bertz CT molecular complexity index is 715. The van der Waals surface area contributed by atoms with Crippen molar-refractivity contribution in [2.24, 2.45) is 5.92 Å². The molecule has 1 aromatic carbocycles. The van der Waals surface area contributed by atoms with Gasteiger partial charge in [-0.1, -0.05) is 32.0 Å². The molecule has 128 valence electrons. The third-order valence-corrected chi connectivity index (χ3v) is 4.82. The minimum Gasteiger partial charge on any atom is -0.348 e. The lowest BCUT2D eigenvalue weighted by molar-refractivity contribution is -0.119. The summed E-state index contributed by atoms with van der Waals surface area (Å²) in [4.78, 5) is 16.3. The standard InChI is InChI=1S/C18H21FN2O2S/c1-12(2)18(14-5-7-15(19)8-6-14)21-16(22)11-24(23)17-9-4-13(3)10-20-17/h4-10,12,18H,11H2,1-3H3,(H,21,22). The SMILES string of the molecule is Cc1ccc(S(=O)CC(=O)NC(c2ccc(F)cc2)C(C)C)nc1. The van der Waals surface area contributed by atoms with Crippen molar-refractivity contribution in [2.45, 2.75) is 31.8 Å². The van der Waals surface area contributed by atoms with Crippen molar-refractivity contribution in [2.75, 3.05) is 5.75 Å². The summed E-state index contributed by atoms with van der Waals surface area (Å²) in [5.41, 5.74) is 1.79. The summed E-state index contributed by atoms with van der Waals surface area (Å²) in [5.74, 6) is -0.677. The van der Waals surface area contributed by atoms with Crippen molar-refractivity contribution in [1.29, 1.82) is 0 Å². The Kier molecular flexibility index (Phi) is 6.20. The molecular weight excluding hydrogens is 327 g/mol. The van der Waals surface area contributed by atoms with E-state index in [9.17, 15) is 13.4 Å². The highest BCUT2D eigenvalue weighted by atomic mass is 32.2. The largest absolute Gasteiger partial charge is 0.348 e. The molecule has 2 atom stereocenters. The van der Waals surface area contributed by atoms with E-state index in [0.717, 1.165) is 11.1 Å². The molecule has 0 radical (unpaired) electrons. The number of hydrogen-bond acceptors (Lipinski definition) is 3. The molecule has 0 fully saturated rings. The molecule has 1 heterocycles. The maximum absolute atomic E-state index is 13.1. The number of nitrogens with one attached hydrogen (secondary N) is 1. The number of carbonyl (C=O) groups is 1. The fourth-order valence-corrected chi connectivity index (χ4v) is 3.16. The van der Waals surface area contributed by atoms with Gasteiger partial charge < -0.3 is 5.32 Å². The van der Waals surface area contributed by atoms with Gasteiger partial charge in [-0.15, -0.1) is 0 Å². The van der Waals surface area contributed by atoms with E-state index in [4.69, 9.17) is 0 Å². The van der Waals surface area contributed by atoms with Crippen molar-refractivity contribution in [1.82, 2.24) is 10.3 Å². The minimum absolute atomic E-state index is 0.116. The van der Waals surface area contributed by atoms with Gasteiger partial charge in [-0.3, -0.25) is 9.00 Å². The molecule has 0 aliphatic heterocycles. The molecule has 0 aliphatic rings. The second-order valence-corrected chi connectivity index (χ2v) is 7.40. The number of carbonyl (C=O) groups excluding carboxylic acids is 1. The summed E-state index contributed by atoms with van der Waals surface area (Å²) in [7, 11) is -1.49. The van der Waals surface area contributed by atoms with Crippen LogP contribution in [0.2, 0.25) is 0 Å². The van der Waals surface area contributed by atoms with Crippen LogP contribution in [0.1, 0.15) is 31.0 Å². The predicted octanol–water partition coefficient (Wildman–Crippen LogP) is 3.15. The van der Waals surface area contributed by atoms with Gasteiger partial charge in [0, 0.05) is 6.20 Å². The zero-order valence-corrected chi connectivity index (χ0v) is 14.8. The molecule has 0 spiro atoms. The lowest BCUT2D eigenvalue weighted by atomic mass is 9.96. The van der Waals surface area contributed by atoms with Crippen LogP contribution in [-0.2, 0) is 15.6 Å². The monoisotopic (exact) mass is 348 g/mol. The van der Waals surface area contributed by atoms with E-state index in [-0.39, 0.29) is 29.4 Å². The molecule has 0 saturated heterocycles. The lowest BCUT2D eigenvalue weighted by Crippen LogP contribution is -2.34. The molecule has 2 rings (SSSR count). The molecular formula is C18H21FN2O2S. The van der Waals surface area contributed by atoms with E-state index < -0.39 is 10.8 Å². The van der Waals surface area contributed by atoms with Crippen molar-refractivity contribution < 1.29 is 13.4 Å². The third kappa shape index (κ3) is 4.96. The van der Waals surface area contributed by atoms with Crippen LogP contribution < -0.4 is 5.32 Å². The van der Waals surface area contributed by atoms with Crippen LogP contribution >= 0.6 is 0 Å². The van der Waals surface area contributed by atoms with Gasteiger partial charge in [-0.25, -0.2) is 9.37 Å². The Labute approximate surface area is 144 Å². The third-order valence-electron chi connectivity index (χ3n) is 3.59. The second kappa shape index (κ2) is 8.15. The Morgan fingerprint density at radius 2 is 1.88 bits per heavy atom. The Hall–Kier alpha value is -2.08. The van der Waals surface area contributed by atoms with E-state index in [1.807, 2.05) is 26.8 Å². The van der Waals surface area contributed by atoms with Gasteiger partial charge in [0.2, 0.25) is 5.91 Å². The lowest BCUT2D eigenvalue weighted by Gasteiger charge is -2.23. The molecule has 0 aliphatic carbocycles.